The normalized spacial score (nSPS) is 10.7. The number of nitrogens with two attached hydrogens (primary N) is 1. The van der Waals surface area contributed by atoms with Gasteiger partial charge in [0, 0.05) is 6.54 Å². The van der Waals surface area contributed by atoms with Crippen LogP contribution in [0.5, 0.6) is 0 Å². The zero-order chi connectivity index (χ0) is 24.0. The first-order valence-corrected chi connectivity index (χ1v) is 11.8. The molecule has 3 rings (SSSR count). The maximum absolute atomic E-state index is 12.6. The Labute approximate surface area is 197 Å². The summed E-state index contributed by atoms with van der Waals surface area (Å²) in [5.74, 6) is -1.85. The molecule has 0 spiro atoms. The molecule has 1 aromatic carbocycles. The molecule has 0 aliphatic heterocycles. The SMILES string of the molecule is CCOC(=O)c1c(NC(=O)CSc2n[nH]c(=O)n2CCc2ccccc2)sc(C(N)=O)c1C. The number of primary amides is 1. The van der Waals surface area contributed by atoms with E-state index in [4.69, 9.17) is 10.5 Å². The first-order chi connectivity index (χ1) is 15.8. The highest BCUT2D eigenvalue weighted by molar-refractivity contribution is 7.99. The molecule has 0 unspecified atom stereocenters. The van der Waals surface area contributed by atoms with Crippen LogP contribution in [0.4, 0.5) is 5.00 Å². The summed E-state index contributed by atoms with van der Waals surface area (Å²) in [7, 11) is 0. The van der Waals surface area contributed by atoms with Crippen molar-refractivity contribution < 1.29 is 19.1 Å². The highest BCUT2D eigenvalue weighted by Crippen LogP contribution is 2.33. The van der Waals surface area contributed by atoms with Crippen LogP contribution in [-0.2, 0) is 22.5 Å². The van der Waals surface area contributed by atoms with Gasteiger partial charge in [-0.3, -0.25) is 14.2 Å². The number of aromatic amines is 1. The molecular formula is C21H23N5O5S2. The second-order valence-corrected chi connectivity index (χ2v) is 8.84. The summed E-state index contributed by atoms with van der Waals surface area (Å²) in [6.07, 6.45) is 0.632. The number of ether oxygens (including phenoxy) is 1. The van der Waals surface area contributed by atoms with Gasteiger partial charge in [-0.05, 0) is 31.4 Å². The molecule has 10 nitrogen and oxygen atoms in total. The van der Waals surface area contributed by atoms with Crippen LogP contribution < -0.4 is 16.7 Å². The Hall–Kier alpha value is -3.38. The second-order valence-electron chi connectivity index (χ2n) is 6.88. The number of thioether (sulfide) groups is 1. The van der Waals surface area contributed by atoms with E-state index in [9.17, 15) is 19.2 Å². The third kappa shape index (κ3) is 5.90. The zero-order valence-corrected chi connectivity index (χ0v) is 19.7. The van der Waals surface area contributed by atoms with Crippen molar-refractivity contribution in [3.8, 4) is 0 Å². The lowest BCUT2D eigenvalue weighted by Crippen LogP contribution is -2.20. The van der Waals surface area contributed by atoms with Gasteiger partial charge in [-0.2, -0.15) is 0 Å². The van der Waals surface area contributed by atoms with E-state index >= 15 is 0 Å². The number of nitrogens with zero attached hydrogens (tertiary/aromatic N) is 2. The van der Waals surface area contributed by atoms with E-state index in [2.05, 4.69) is 15.5 Å². The monoisotopic (exact) mass is 489 g/mol. The number of esters is 1. The van der Waals surface area contributed by atoms with Crippen molar-refractivity contribution in [2.75, 3.05) is 17.7 Å². The third-order valence-electron chi connectivity index (χ3n) is 4.63. The quantitative estimate of drug-likeness (QED) is 0.292. The molecule has 33 heavy (non-hydrogen) atoms. The fourth-order valence-corrected chi connectivity index (χ4v) is 4.91. The molecule has 2 heterocycles. The molecule has 0 saturated carbocycles. The molecule has 3 aromatic rings. The highest BCUT2D eigenvalue weighted by Gasteiger charge is 2.25. The minimum Gasteiger partial charge on any atom is -0.462 e. The van der Waals surface area contributed by atoms with Crippen LogP contribution in [0.15, 0.2) is 40.3 Å². The molecular weight excluding hydrogens is 466 g/mol. The molecule has 2 aromatic heterocycles. The molecule has 0 fully saturated rings. The van der Waals surface area contributed by atoms with E-state index in [1.54, 1.807) is 13.8 Å². The molecule has 0 bridgehead atoms. The molecule has 12 heteroatoms. The number of carbonyl (C=O) groups is 3. The summed E-state index contributed by atoms with van der Waals surface area (Å²) in [6, 6.07) is 9.70. The molecule has 4 N–H and O–H groups in total. The lowest BCUT2D eigenvalue weighted by Gasteiger charge is -2.08. The van der Waals surface area contributed by atoms with Crippen LogP contribution in [0.3, 0.4) is 0 Å². The lowest BCUT2D eigenvalue weighted by atomic mass is 10.1. The van der Waals surface area contributed by atoms with Gasteiger partial charge in [0.25, 0.3) is 5.91 Å². The van der Waals surface area contributed by atoms with Crippen molar-refractivity contribution >= 4 is 45.9 Å². The summed E-state index contributed by atoms with van der Waals surface area (Å²) >= 11 is 2.00. The van der Waals surface area contributed by atoms with Crippen molar-refractivity contribution in [3.63, 3.8) is 0 Å². The lowest BCUT2D eigenvalue weighted by molar-refractivity contribution is -0.113. The predicted molar refractivity (Wildman–Crippen MR) is 126 cm³/mol. The number of carbonyl (C=O) groups excluding carboxylic acids is 3. The predicted octanol–water partition coefficient (Wildman–Crippen LogP) is 2.19. The van der Waals surface area contributed by atoms with Gasteiger partial charge in [-0.15, -0.1) is 16.4 Å². The van der Waals surface area contributed by atoms with Crippen molar-refractivity contribution in [2.45, 2.75) is 32.0 Å². The molecule has 0 radical (unpaired) electrons. The third-order valence-corrected chi connectivity index (χ3v) is 6.82. The summed E-state index contributed by atoms with van der Waals surface area (Å²) in [5, 5.41) is 9.60. The average Bonchev–Trinajstić information content (AvgIpc) is 3.30. The first kappa shape index (κ1) is 24.3. The van der Waals surface area contributed by atoms with E-state index in [1.807, 2.05) is 30.3 Å². The van der Waals surface area contributed by atoms with E-state index in [1.165, 1.54) is 4.57 Å². The van der Waals surface area contributed by atoms with Gasteiger partial charge in [0.15, 0.2) is 5.16 Å². The molecule has 0 aliphatic rings. The van der Waals surface area contributed by atoms with Crippen LogP contribution >= 0.6 is 23.1 Å². The fourth-order valence-electron chi connectivity index (χ4n) is 3.07. The Morgan fingerprint density at radius 1 is 1.27 bits per heavy atom. The van der Waals surface area contributed by atoms with E-state index < -0.39 is 17.8 Å². The summed E-state index contributed by atoms with van der Waals surface area (Å²) < 4.78 is 6.51. The number of H-pyrrole nitrogens is 1. The van der Waals surface area contributed by atoms with Crippen molar-refractivity contribution in [2.24, 2.45) is 5.73 Å². The van der Waals surface area contributed by atoms with Gasteiger partial charge in [0.05, 0.1) is 22.8 Å². The van der Waals surface area contributed by atoms with Gasteiger partial charge in [0.1, 0.15) is 5.00 Å². The van der Waals surface area contributed by atoms with Crippen LogP contribution in [0.25, 0.3) is 0 Å². The summed E-state index contributed by atoms with van der Waals surface area (Å²) in [6.45, 7) is 3.78. The zero-order valence-electron chi connectivity index (χ0n) is 18.0. The Balaban J connectivity index is 1.69. The van der Waals surface area contributed by atoms with Gasteiger partial charge >= 0.3 is 11.7 Å². The second kappa shape index (κ2) is 11.0. The number of hydrogen-bond acceptors (Lipinski definition) is 8. The largest absolute Gasteiger partial charge is 0.462 e. The number of hydrogen-bond donors (Lipinski definition) is 3. The number of amides is 2. The highest BCUT2D eigenvalue weighted by atomic mass is 32.2. The maximum atomic E-state index is 12.6. The van der Waals surface area contributed by atoms with Gasteiger partial charge in [-0.25, -0.2) is 14.7 Å². The number of aromatic nitrogens is 3. The van der Waals surface area contributed by atoms with Crippen LogP contribution in [0.1, 0.15) is 38.1 Å². The van der Waals surface area contributed by atoms with Crippen molar-refractivity contribution in [3.05, 3.63) is 62.4 Å². The van der Waals surface area contributed by atoms with Crippen LogP contribution in [0, 0.1) is 6.92 Å². The summed E-state index contributed by atoms with van der Waals surface area (Å²) in [5.41, 5.74) is 6.56. The Morgan fingerprint density at radius 2 is 2.00 bits per heavy atom. The minimum absolute atomic E-state index is 0.0687. The van der Waals surface area contributed by atoms with E-state index in [-0.39, 0.29) is 33.5 Å². The average molecular weight is 490 g/mol. The summed E-state index contributed by atoms with van der Waals surface area (Å²) in [4.78, 5) is 48.9. The number of aryl methyl sites for hydroxylation is 1. The maximum Gasteiger partial charge on any atom is 0.343 e. The number of rotatable bonds is 10. The molecule has 0 atom stereocenters. The number of benzene rings is 1. The smallest absolute Gasteiger partial charge is 0.343 e. The van der Waals surface area contributed by atoms with Gasteiger partial charge in [0.2, 0.25) is 5.91 Å². The fraction of sp³-hybridized carbons (Fsp3) is 0.286. The Morgan fingerprint density at radius 3 is 2.67 bits per heavy atom. The standard InChI is InChI=1S/C21H23N5O5S2/c1-3-31-19(29)15-12(2)16(17(22)28)33-18(15)23-14(27)11-32-21-25-24-20(30)26(21)10-9-13-7-5-4-6-8-13/h4-8H,3,9-11H2,1-2H3,(H2,22,28)(H,23,27)(H,24,30). The van der Waals surface area contributed by atoms with Crippen LogP contribution in [0.2, 0.25) is 0 Å². The van der Waals surface area contributed by atoms with Crippen molar-refractivity contribution in [1.29, 1.82) is 0 Å². The first-order valence-electron chi connectivity index (χ1n) is 10.0. The molecule has 0 saturated heterocycles. The molecule has 0 aliphatic carbocycles. The van der Waals surface area contributed by atoms with Crippen LogP contribution in [-0.4, -0.2) is 44.9 Å². The minimum atomic E-state index is -0.697. The molecule has 2 amide bonds. The number of thiophene rings is 1. The topological polar surface area (TPSA) is 149 Å². The Kier molecular flexibility index (Phi) is 8.06. The Bertz CT molecular complexity index is 1220. The van der Waals surface area contributed by atoms with E-state index in [0.29, 0.717) is 23.7 Å². The van der Waals surface area contributed by atoms with Crippen molar-refractivity contribution in [1.82, 2.24) is 14.8 Å². The van der Waals surface area contributed by atoms with E-state index in [0.717, 1.165) is 28.7 Å². The van der Waals surface area contributed by atoms with Gasteiger partial charge < -0.3 is 15.8 Å². The molecule has 174 valence electrons. The number of anilines is 1. The number of nitrogens with one attached hydrogen (secondary N) is 2. The van der Waals surface area contributed by atoms with Gasteiger partial charge in [-0.1, -0.05) is 42.1 Å².